The molecule has 0 spiro atoms. The maximum absolute atomic E-state index is 9.97. The number of aromatic nitrogens is 2. The molecule has 1 fully saturated rings. The fraction of sp³-hybridized carbons (Fsp3) is 0.412. The minimum atomic E-state index is -0.608. The Hall–Kier alpha value is -1.98. The second-order valence-electron chi connectivity index (χ2n) is 5.76. The average Bonchev–Trinajstić information content (AvgIpc) is 2.58. The first-order valence-electron chi connectivity index (χ1n) is 7.54. The number of aryl methyl sites for hydroxylation is 1. The zero-order valence-corrected chi connectivity index (χ0v) is 12.8. The van der Waals surface area contributed by atoms with E-state index in [-0.39, 0.29) is 6.61 Å². The maximum Gasteiger partial charge on any atom is 0.225 e. The van der Waals surface area contributed by atoms with Gasteiger partial charge >= 0.3 is 0 Å². The molecule has 22 heavy (non-hydrogen) atoms. The van der Waals surface area contributed by atoms with E-state index in [1.54, 1.807) is 18.5 Å². The number of hydrogen-bond donors (Lipinski definition) is 1. The van der Waals surface area contributed by atoms with Gasteiger partial charge in [0.1, 0.15) is 5.60 Å². The summed E-state index contributed by atoms with van der Waals surface area (Å²) in [6.45, 7) is 3.94. The van der Waals surface area contributed by atoms with Gasteiger partial charge in [-0.25, -0.2) is 9.97 Å². The predicted molar refractivity (Wildman–Crippen MR) is 84.9 cm³/mol. The first-order valence-corrected chi connectivity index (χ1v) is 7.54. The van der Waals surface area contributed by atoms with Crippen LogP contribution < -0.4 is 4.90 Å². The maximum atomic E-state index is 9.97. The normalized spacial score (nSPS) is 21.8. The second-order valence-corrected chi connectivity index (χ2v) is 5.76. The third-order valence-corrected chi connectivity index (χ3v) is 4.15. The lowest BCUT2D eigenvalue weighted by Crippen LogP contribution is -2.56. The molecule has 0 saturated carbocycles. The molecule has 1 aromatic carbocycles. The third kappa shape index (κ3) is 3.10. The summed E-state index contributed by atoms with van der Waals surface area (Å²) >= 11 is 0. The number of hydrogen-bond acceptors (Lipinski definition) is 5. The molecule has 0 radical (unpaired) electrons. The van der Waals surface area contributed by atoms with Gasteiger partial charge in [0.2, 0.25) is 5.95 Å². The van der Waals surface area contributed by atoms with Crippen LogP contribution in [-0.4, -0.2) is 47.0 Å². The molecule has 0 unspecified atom stereocenters. The molecule has 0 amide bonds. The monoisotopic (exact) mass is 299 g/mol. The van der Waals surface area contributed by atoms with Crippen LogP contribution in [0.15, 0.2) is 42.7 Å². The smallest absolute Gasteiger partial charge is 0.225 e. The van der Waals surface area contributed by atoms with Crippen LogP contribution in [0.2, 0.25) is 0 Å². The van der Waals surface area contributed by atoms with Gasteiger partial charge in [0.25, 0.3) is 0 Å². The molecule has 1 aliphatic rings. The van der Waals surface area contributed by atoms with Crippen LogP contribution in [0.5, 0.6) is 0 Å². The van der Waals surface area contributed by atoms with E-state index in [1.165, 1.54) is 11.1 Å². The number of morpholine rings is 1. The Morgan fingerprint density at radius 3 is 2.73 bits per heavy atom. The summed E-state index contributed by atoms with van der Waals surface area (Å²) in [7, 11) is 0. The number of nitrogens with zero attached hydrogens (tertiary/aromatic N) is 3. The van der Waals surface area contributed by atoms with Crippen molar-refractivity contribution in [2.75, 3.05) is 31.2 Å². The standard InChI is InChI=1S/C17H21N3O2/c1-14-5-2-3-6-15(14)11-17(13-21)12-20(9-10-22-17)16-18-7-4-8-19-16/h2-8,21H,9-13H2,1H3/t17-/m1/s1. The van der Waals surface area contributed by atoms with Crippen molar-refractivity contribution >= 4 is 5.95 Å². The van der Waals surface area contributed by atoms with Crippen molar-refractivity contribution in [1.29, 1.82) is 0 Å². The van der Waals surface area contributed by atoms with Crippen LogP contribution in [0.25, 0.3) is 0 Å². The van der Waals surface area contributed by atoms with Crippen molar-refractivity contribution in [2.45, 2.75) is 18.9 Å². The van der Waals surface area contributed by atoms with Crippen LogP contribution in [0.3, 0.4) is 0 Å². The van der Waals surface area contributed by atoms with Crippen LogP contribution in [0.4, 0.5) is 5.95 Å². The summed E-state index contributed by atoms with van der Waals surface area (Å²) in [5.41, 5.74) is 1.81. The molecule has 116 valence electrons. The third-order valence-electron chi connectivity index (χ3n) is 4.15. The minimum Gasteiger partial charge on any atom is -0.393 e. The Balaban J connectivity index is 1.82. The summed E-state index contributed by atoms with van der Waals surface area (Å²) in [5, 5.41) is 9.97. The average molecular weight is 299 g/mol. The topological polar surface area (TPSA) is 58.5 Å². The lowest BCUT2D eigenvalue weighted by atomic mass is 9.91. The lowest BCUT2D eigenvalue weighted by molar-refractivity contribution is -0.0871. The van der Waals surface area contributed by atoms with E-state index >= 15 is 0 Å². The van der Waals surface area contributed by atoms with E-state index in [2.05, 4.69) is 33.9 Å². The van der Waals surface area contributed by atoms with Gasteiger partial charge in [0.15, 0.2) is 0 Å². The molecule has 0 bridgehead atoms. The largest absolute Gasteiger partial charge is 0.393 e. The zero-order valence-electron chi connectivity index (χ0n) is 12.8. The van der Waals surface area contributed by atoms with Crippen molar-refractivity contribution in [3.05, 3.63) is 53.9 Å². The number of ether oxygens (including phenoxy) is 1. The fourth-order valence-corrected chi connectivity index (χ4v) is 2.88. The Morgan fingerprint density at radius 1 is 1.23 bits per heavy atom. The lowest BCUT2D eigenvalue weighted by Gasteiger charge is -2.42. The highest BCUT2D eigenvalue weighted by molar-refractivity contribution is 5.33. The molecule has 5 nitrogen and oxygen atoms in total. The van der Waals surface area contributed by atoms with Gasteiger partial charge in [-0.3, -0.25) is 0 Å². The molecule has 1 aromatic heterocycles. The van der Waals surface area contributed by atoms with E-state index in [4.69, 9.17) is 4.74 Å². The van der Waals surface area contributed by atoms with Gasteiger partial charge in [0, 0.05) is 25.4 Å². The van der Waals surface area contributed by atoms with Gasteiger partial charge in [0.05, 0.1) is 19.8 Å². The van der Waals surface area contributed by atoms with E-state index < -0.39 is 5.60 Å². The molecule has 1 saturated heterocycles. The Kier molecular flexibility index (Phi) is 4.36. The van der Waals surface area contributed by atoms with E-state index in [0.29, 0.717) is 25.5 Å². The van der Waals surface area contributed by atoms with Crippen LogP contribution >= 0.6 is 0 Å². The molecule has 2 heterocycles. The predicted octanol–water partition coefficient (Wildman–Crippen LogP) is 1.60. The summed E-state index contributed by atoms with van der Waals surface area (Å²) in [4.78, 5) is 10.7. The Labute approximate surface area is 130 Å². The van der Waals surface area contributed by atoms with Crippen molar-refractivity contribution in [3.63, 3.8) is 0 Å². The summed E-state index contributed by atoms with van der Waals surface area (Å²) in [6.07, 6.45) is 4.15. The fourth-order valence-electron chi connectivity index (χ4n) is 2.88. The molecule has 5 heteroatoms. The van der Waals surface area contributed by atoms with Crippen LogP contribution in [0, 0.1) is 6.92 Å². The molecule has 1 atom stereocenters. The first kappa shape index (κ1) is 14.9. The molecule has 2 aromatic rings. The van der Waals surface area contributed by atoms with E-state index in [1.807, 2.05) is 12.1 Å². The molecule has 3 rings (SSSR count). The number of aliphatic hydroxyl groups excluding tert-OH is 1. The highest BCUT2D eigenvalue weighted by atomic mass is 16.5. The SMILES string of the molecule is Cc1ccccc1C[C@]1(CO)CN(c2ncccn2)CCO1. The molecular formula is C17H21N3O2. The van der Waals surface area contributed by atoms with Gasteiger partial charge in [-0.05, 0) is 24.1 Å². The number of anilines is 1. The Bertz CT molecular complexity index is 620. The van der Waals surface area contributed by atoms with Gasteiger partial charge in [-0.2, -0.15) is 0 Å². The van der Waals surface area contributed by atoms with Crippen LogP contribution in [-0.2, 0) is 11.2 Å². The number of rotatable bonds is 4. The van der Waals surface area contributed by atoms with Crippen molar-refractivity contribution in [3.8, 4) is 0 Å². The number of aliphatic hydroxyl groups is 1. The highest BCUT2D eigenvalue weighted by Gasteiger charge is 2.37. The first-order chi connectivity index (χ1) is 10.7. The Morgan fingerprint density at radius 2 is 2.00 bits per heavy atom. The second kappa shape index (κ2) is 6.42. The van der Waals surface area contributed by atoms with E-state index in [0.717, 1.165) is 6.54 Å². The molecule has 1 N–H and O–H groups in total. The molecular weight excluding hydrogens is 278 g/mol. The van der Waals surface area contributed by atoms with Crippen molar-refractivity contribution in [1.82, 2.24) is 9.97 Å². The van der Waals surface area contributed by atoms with Crippen molar-refractivity contribution in [2.24, 2.45) is 0 Å². The minimum absolute atomic E-state index is 0.0231. The zero-order chi connectivity index (χ0) is 15.4. The molecule has 1 aliphatic heterocycles. The quantitative estimate of drug-likeness (QED) is 0.929. The van der Waals surface area contributed by atoms with Gasteiger partial charge in [-0.1, -0.05) is 24.3 Å². The molecule has 0 aliphatic carbocycles. The highest BCUT2D eigenvalue weighted by Crippen LogP contribution is 2.26. The van der Waals surface area contributed by atoms with Gasteiger partial charge < -0.3 is 14.7 Å². The summed E-state index contributed by atoms with van der Waals surface area (Å²) in [6, 6.07) is 10.0. The van der Waals surface area contributed by atoms with E-state index in [9.17, 15) is 5.11 Å². The summed E-state index contributed by atoms with van der Waals surface area (Å²) < 4.78 is 5.98. The number of benzene rings is 1. The van der Waals surface area contributed by atoms with Crippen LogP contribution in [0.1, 0.15) is 11.1 Å². The van der Waals surface area contributed by atoms with Crippen molar-refractivity contribution < 1.29 is 9.84 Å². The van der Waals surface area contributed by atoms with Gasteiger partial charge in [-0.15, -0.1) is 0 Å². The summed E-state index contributed by atoms with van der Waals surface area (Å²) in [5.74, 6) is 0.688.